The molecule has 11 heavy (non-hydrogen) atoms. The van der Waals surface area contributed by atoms with Crippen LogP contribution in [-0.2, 0) is 4.57 Å². The molecule has 1 atom stereocenters. The summed E-state index contributed by atoms with van der Waals surface area (Å²) in [5.41, 5.74) is 0. The number of hydrogen-bond acceptors (Lipinski definition) is 2. The van der Waals surface area contributed by atoms with Crippen molar-refractivity contribution in [2.45, 2.75) is 32.5 Å². The molecule has 4 nitrogen and oxygen atoms in total. The second-order valence-corrected chi connectivity index (χ2v) is 4.29. The maximum absolute atomic E-state index is 10.5. The smallest absolute Gasteiger partial charge is 0.354 e. The molecule has 0 aromatic carbocycles. The number of hydrogen-bond donors (Lipinski definition) is 3. The Morgan fingerprint density at radius 3 is 1.73 bits per heavy atom. The molecule has 0 aliphatic carbocycles. The van der Waals surface area contributed by atoms with Crippen LogP contribution < -0.4 is 0 Å². The SMILES string of the molecule is CCC(CC)C(O)P(=O)(O)O. The van der Waals surface area contributed by atoms with Gasteiger partial charge in [0.15, 0.2) is 5.85 Å². The van der Waals surface area contributed by atoms with E-state index in [1.165, 1.54) is 0 Å². The topological polar surface area (TPSA) is 77.8 Å². The second kappa shape index (κ2) is 4.21. The number of aliphatic hydroxyl groups excluding tert-OH is 1. The van der Waals surface area contributed by atoms with E-state index in [1.54, 1.807) is 13.8 Å². The second-order valence-electron chi connectivity index (χ2n) is 2.58. The Kier molecular flexibility index (Phi) is 4.26. The van der Waals surface area contributed by atoms with Gasteiger partial charge in [-0.05, 0) is 5.92 Å². The molecule has 0 saturated carbocycles. The van der Waals surface area contributed by atoms with Crippen molar-refractivity contribution in [1.82, 2.24) is 0 Å². The third-order valence-electron chi connectivity index (χ3n) is 1.82. The standard InChI is InChI=1S/C6H15O4P/c1-3-5(4-2)6(7)11(8,9)10/h5-7H,3-4H2,1-2H3,(H2,8,9,10). The Balaban J connectivity index is 4.21. The van der Waals surface area contributed by atoms with Crippen molar-refractivity contribution in [3.8, 4) is 0 Å². The fourth-order valence-electron chi connectivity index (χ4n) is 0.985. The van der Waals surface area contributed by atoms with E-state index in [9.17, 15) is 4.57 Å². The van der Waals surface area contributed by atoms with Gasteiger partial charge in [-0.25, -0.2) is 0 Å². The Morgan fingerprint density at radius 2 is 1.64 bits per heavy atom. The van der Waals surface area contributed by atoms with Gasteiger partial charge in [0.05, 0.1) is 0 Å². The van der Waals surface area contributed by atoms with Crippen molar-refractivity contribution >= 4 is 7.60 Å². The predicted molar refractivity (Wildman–Crippen MR) is 42.1 cm³/mol. The molecule has 0 radical (unpaired) electrons. The zero-order chi connectivity index (χ0) is 9.07. The normalized spacial score (nSPS) is 15.5. The highest BCUT2D eigenvalue weighted by atomic mass is 31.2. The van der Waals surface area contributed by atoms with Crippen molar-refractivity contribution in [3.05, 3.63) is 0 Å². The van der Waals surface area contributed by atoms with Crippen LogP contribution in [0, 0.1) is 5.92 Å². The summed E-state index contributed by atoms with van der Waals surface area (Å²) in [4.78, 5) is 17.2. The molecule has 0 bridgehead atoms. The summed E-state index contributed by atoms with van der Waals surface area (Å²) in [6.07, 6.45) is 1.17. The molecular weight excluding hydrogens is 167 g/mol. The minimum atomic E-state index is -4.29. The minimum Gasteiger partial charge on any atom is -0.380 e. The van der Waals surface area contributed by atoms with Gasteiger partial charge in [0.25, 0.3) is 0 Å². The van der Waals surface area contributed by atoms with Crippen molar-refractivity contribution < 1.29 is 19.5 Å². The maximum Gasteiger partial charge on any atom is 0.354 e. The first-order valence-electron chi connectivity index (χ1n) is 3.66. The third kappa shape index (κ3) is 3.34. The summed E-state index contributed by atoms with van der Waals surface area (Å²) in [6.45, 7) is 3.60. The lowest BCUT2D eigenvalue weighted by Crippen LogP contribution is -2.18. The van der Waals surface area contributed by atoms with Crippen LogP contribution in [0.5, 0.6) is 0 Å². The average Bonchev–Trinajstić information content (AvgIpc) is 1.88. The molecule has 0 rings (SSSR count). The monoisotopic (exact) mass is 182 g/mol. The van der Waals surface area contributed by atoms with Gasteiger partial charge in [-0.15, -0.1) is 0 Å². The zero-order valence-corrected chi connectivity index (χ0v) is 7.66. The van der Waals surface area contributed by atoms with E-state index in [4.69, 9.17) is 14.9 Å². The number of rotatable bonds is 4. The lowest BCUT2D eigenvalue weighted by molar-refractivity contribution is 0.140. The molecule has 0 aromatic heterocycles. The fourth-order valence-corrected chi connectivity index (χ4v) is 1.96. The van der Waals surface area contributed by atoms with Crippen LogP contribution in [0.2, 0.25) is 0 Å². The molecule has 1 unspecified atom stereocenters. The van der Waals surface area contributed by atoms with Crippen LogP contribution >= 0.6 is 7.60 Å². The third-order valence-corrected chi connectivity index (χ3v) is 2.93. The van der Waals surface area contributed by atoms with E-state index in [1.807, 2.05) is 0 Å². The van der Waals surface area contributed by atoms with Crippen LogP contribution in [0.25, 0.3) is 0 Å². The first kappa shape index (κ1) is 11.1. The fraction of sp³-hybridized carbons (Fsp3) is 1.00. The molecule has 68 valence electrons. The first-order valence-corrected chi connectivity index (χ1v) is 5.34. The van der Waals surface area contributed by atoms with Crippen molar-refractivity contribution in [3.63, 3.8) is 0 Å². The van der Waals surface area contributed by atoms with Gasteiger partial charge in [-0.3, -0.25) is 4.57 Å². The molecule has 3 N–H and O–H groups in total. The highest BCUT2D eigenvalue weighted by Crippen LogP contribution is 2.44. The lowest BCUT2D eigenvalue weighted by atomic mass is 10.1. The summed E-state index contributed by atoms with van der Waals surface area (Å²) >= 11 is 0. The van der Waals surface area contributed by atoms with Crippen molar-refractivity contribution in [1.29, 1.82) is 0 Å². The number of aliphatic hydroxyl groups is 1. The Morgan fingerprint density at radius 1 is 1.27 bits per heavy atom. The van der Waals surface area contributed by atoms with Crippen LogP contribution in [0.15, 0.2) is 0 Å². The maximum atomic E-state index is 10.5. The quantitative estimate of drug-likeness (QED) is 0.565. The van der Waals surface area contributed by atoms with E-state index < -0.39 is 13.4 Å². The van der Waals surface area contributed by atoms with Crippen molar-refractivity contribution in [2.75, 3.05) is 0 Å². The van der Waals surface area contributed by atoms with Gasteiger partial charge < -0.3 is 14.9 Å². The zero-order valence-electron chi connectivity index (χ0n) is 6.77. The summed E-state index contributed by atoms with van der Waals surface area (Å²) in [7, 11) is -4.29. The summed E-state index contributed by atoms with van der Waals surface area (Å²) < 4.78 is 10.5. The molecule has 0 spiro atoms. The van der Waals surface area contributed by atoms with Gasteiger partial charge in [-0.2, -0.15) is 0 Å². The molecule has 0 saturated heterocycles. The van der Waals surface area contributed by atoms with Gasteiger partial charge >= 0.3 is 7.60 Å². The summed E-state index contributed by atoms with van der Waals surface area (Å²) in [5.74, 6) is -1.78. The van der Waals surface area contributed by atoms with Crippen LogP contribution in [0.3, 0.4) is 0 Å². The Bertz CT molecular complexity index is 149. The molecule has 0 aromatic rings. The van der Waals surface area contributed by atoms with E-state index in [0.29, 0.717) is 12.8 Å². The largest absolute Gasteiger partial charge is 0.380 e. The molecule has 0 aliphatic rings. The summed E-state index contributed by atoms with van der Waals surface area (Å²) in [6, 6.07) is 0. The van der Waals surface area contributed by atoms with E-state index in [2.05, 4.69) is 0 Å². The Labute approximate surface area is 66.4 Å². The highest BCUT2D eigenvalue weighted by molar-refractivity contribution is 7.52. The van der Waals surface area contributed by atoms with Crippen LogP contribution in [-0.4, -0.2) is 20.7 Å². The van der Waals surface area contributed by atoms with Gasteiger partial charge in [0, 0.05) is 0 Å². The van der Waals surface area contributed by atoms with Gasteiger partial charge in [0.2, 0.25) is 0 Å². The molecular formula is C6H15O4P. The average molecular weight is 182 g/mol. The summed E-state index contributed by atoms with van der Waals surface area (Å²) in [5, 5.41) is 9.08. The van der Waals surface area contributed by atoms with Gasteiger partial charge in [-0.1, -0.05) is 26.7 Å². The first-order chi connectivity index (χ1) is 4.93. The minimum absolute atomic E-state index is 0.296. The van der Waals surface area contributed by atoms with Gasteiger partial charge in [0.1, 0.15) is 0 Å². The molecule has 0 amide bonds. The van der Waals surface area contributed by atoms with Crippen LogP contribution in [0.4, 0.5) is 0 Å². The molecule has 5 heteroatoms. The predicted octanol–water partition coefficient (Wildman–Crippen LogP) is 0.919. The van der Waals surface area contributed by atoms with E-state index in [-0.39, 0.29) is 5.92 Å². The van der Waals surface area contributed by atoms with E-state index in [0.717, 1.165) is 0 Å². The molecule has 0 heterocycles. The van der Waals surface area contributed by atoms with E-state index >= 15 is 0 Å². The van der Waals surface area contributed by atoms with Crippen molar-refractivity contribution in [2.24, 2.45) is 5.92 Å². The molecule has 0 fully saturated rings. The highest BCUT2D eigenvalue weighted by Gasteiger charge is 2.31. The lowest BCUT2D eigenvalue weighted by Gasteiger charge is -2.20. The Hall–Kier alpha value is 0.110. The molecule has 0 aliphatic heterocycles. The van der Waals surface area contributed by atoms with Crippen LogP contribution in [0.1, 0.15) is 26.7 Å².